The molecule has 2 aromatic carbocycles. The van der Waals surface area contributed by atoms with Gasteiger partial charge in [-0.1, -0.05) is 38.1 Å². The summed E-state index contributed by atoms with van der Waals surface area (Å²) in [6.45, 7) is 7.16. The second-order valence-electron chi connectivity index (χ2n) is 7.11. The second-order valence-corrected chi connectivity index (χ2v) is 7.11. The first-order valence-electron chi connectivity index (χ1n) is 10.3. The van der Waals surface area contributed by atoms with Crippen LogP contribution >= 0.6 is 0 Å². The van der Waals surface area contributed by atoms with Crippen LogP contribution in [0.2, 0.25) is 0 Å². The Morgan fingerprint density at radius 1 is 1.06 bits per heavy atom. The highest BCUT2D eigenvalue weighted by Gasteiger charge is 2.33. The Balaban J connectivity index is 1.75. The lowest BCUT2D eigenvalue weighted by Crippen LogP contribution is -2.35. The third-order valence-corrected chi connectivity index (χ3v) is 5.14. The van der Waals surface area contributed by atoms with Crippen LogP contribution in [0.1, 0.15) is 37.0 Å². The van der Waals surface area contributed by atoms with Crippen LogP contribution in [0.5, 0.6) is 0 Å². The van der Waals surface area contributed by atoms with Crippen LogP contribution in [0.15, 0.2) is 36.4 Å². The van der Waals surface area contributed by atoms with Gasteiger partial charge >= 0.3 is 6.09 Å². The number of carbonyl (C=O) groups excluding carboxylic acids is 4. The summed E-state index contributed by atoms with van der Waals surface area (Å²) in [5, 5.41) is 7.38. The molecule has 2 N–H and O–H groups in total. The maximum Gasteiger partial charge on any atom is 0.436 e. The second kappa shape index (κ2) is 10.0. The molecule has 1 saturated heterocycles. The highest BCUT2D eigenvalue weighted by Crippen LogP contribution is 2.24. The monoisotopic (exact) mass is 426 g/mol. The SMILES string of the molecule is CCN(CC)CCNC(=O)c1cc(NC(=O)ON2C(=O)CCC2=O)cc2ccccc12. The third kappa shape index (κ3) is 5.37. The first-order chi connectivity index (χ1) is 14.9. The van der Waals surface area contributed by atoms with Gasteiger partial charge < -0.3 is 15.1 Å². The molecule has 0 radical (unpaired) electrons. The Morgan fingerprint density at radius 3 is 2.42 bits per heavy atom. The van der Waals surface area contributed by atoms with Crippen LogP contribution in [-0.2, 0) is 14.4 Å². The maximum atomic E-state index is 12.8. The molecule has 0 unspecified atom stereocenters. The Labute approximate surface area is 180 Å². The summed E-state index contributed by atoms with van der Waals surface area (Å²) in [6.07, 6.45) is -0.952. The number of hydroxylamine groups is 2. The maximum absolute atomic E-state index is 12.8. The van der Waals surface area contributed by atoms with Gasteiger partial charge in [-0.05, 0) is 36.0 Å². The van der Waals surface area contributed by atoms with Gasteiger partial charge in [0.2, 0.25) is 0 Å². The molecule has 2 aromatic rings. The predicted molar refractivity (Wildman–Crippen MR) is 115 cm³/mol. The van der Waals surface area contributed by atoms with Crippen LogP contribution in [0.3, 0.4) is 0 Å². The van der Waals surface area contributed by atoms with Crippen molar-refractivity contribution >= 4 is 40.3 Å². The highest BCUT2D eigenvalue weighted by atomic mass is 16.7. The standard InChI is InChI=1S/C22H26N4O5/c1-3-25(4-2)12-11-23-21(29)18-14-16(13-15-7-5-6-8-17(15)18)24-22(30)31-26-19(27)9-10-20(26)28/h5-8,13-14H,3-4,9-12H2,1-2H3,(H,23,29)(H,24,30). The Kier molecular flexibility index (Phi) is 7.19. The van der Waals surface area contributed by atoms with E-state index in [-0.39, 0.29) is 18.7 Å². The summed E-state index contributed by atoms with van der Waals surface area (Å²) in [4.78, 5) is 55.4. The average Bonchev–Trinajstić information content (AvgIpc) is 3.08. The van der Waals surface area contributed by atoms with Crippen molar-refractivity contribution in [2.75, 3.05) is 31.5 Å². The summed E-state index contributed by atoms with van der Waals surface area (Å²) in [6, 6.07) is 10.6. The van der Waals surface area contributed by atoms with E-state index in [1.807, 2.05) is 24.3 Å². The molecule has 1 heterocycles. The lowest BCUT2D eigenvalue weighted by Gasteiger charge is -2.18. The molecule has 1 aliphatic heterocycles. The van der Waals surface area contributed by atoms with E-state index in [1.165, 1.54) is 0 Å². The molecule has 31 heavy (non-hydrogen) atoms. The summed E-state index contributed by atoms with van der Waals surface area (Å²) in [7, 11) is 0. The summed E-state index contributed by atoms with van der Waals surface area (Å²) < 4.78 is 0. The fraction of sp³-hybridized carbons (Fsp3) is 0.364. The average molecular weight is 426 g/mol. The number of amides is 4. The fourth-order valence-corrected chi connectivity index (χ4v) is 3.41. The van der Waals surface area contributed by atoms with Crippen molar-refractivity contribution in [3.63, 3.8) is 0 Å². The van der Waals surface area contributed by atoms with Crippen molar-refractivity contribution in [3.8, 4) is 0 Å². The fourth-order valence-electron chi connectivity index (χ4n) is 3.41. The van der Waals surface area contributed by atoms with Gasteiger partial charge in [-0.3, -0.25) is 19.7 Å². The molecule has 0 aliphatic carbocycles. The zero-order chi connectivity index (χ0) is 22.4. The number of nitrogens with one attached hydrogen (secondary N) is 2. The van der Waals surface area contributed by atoms with Crippen molar-refractivity contribution in [1.82, 2.24) is 15.3 Å². The van der Waals surface area contributed by atoms with E-state index in [4.69, 9.17) is 4.84 Å². The first kappa shape index (κ1) is 22.2. The van der Waals surface area contributed by atoms with Crippen LogP contribution in [-0.4, -0.2) is 60.0 Å². The van der Waals surface area contributed by atoms with Crippen molar-refractivity contribution in [1.29, 1.82) is 0 Å². The van der Waals surface area contributed by atoms with E-state index in [0.717, 1.165) is 30.4 Å². The molecule has 0 saturated carbocycles. The van der Waals surface area contributed by atoms with E-state index >= 15 is 0 Å². The molecule has 9 nitrogen and oxygen atoms in total. The minimum Gasteiger partial charge on any atom is -0.351 e. The van der Waals surface area contributed by atoms with Crippen molar-refractivity contribution in [2.24, 2.45) is 0 Å². The Hall–Kier alpha value is -3.46. The molecular weight excluding hydrogens is 400 g/mol. The van der Waals surface area contributed by atoms with Crippen LogP contribution in [0.4, 0.5) is 10.5 Å². The van der Waals surface area contributed by atoms with E-state index < -0.39 is 17.9 Å². The smallest absolute Gasteiger partial charge is 0.351 e. The number of fused-ring (bicyclic) bond motifs is 1. The minimum atomic E-state index is -0.980. The quantitative estimate of drug-likeness (QED) is 0.628. The van der Waals surface area contributed by atoms with Crippen LogP contribution in [0.25, 0.3) is 10.8 Å². The van der Waals surface area contributed by atoms with E-state index in [2.05, 4.69) is 29.4 Å². The lowest BCUT2D eigenvalue weighted by molar-refractivity contribution is -0.170. The molecule has 4 amide bonds. The zero-order valence-electron chi connectivity index (χ0n) is 17.6. The first-order valence-corrected chi connectivity index (χ1v) is 10.3. The molecule has 0 aromatic heterocycles. The van der Waals surface area contributed by atoms with Crippen molar-refractivity contribution in [3.05, 3.63) is 42.0 Å². The number of hydrogen-bond donors (Lipinski definition) is 2. The van der Waals surface area contributed by atoms with Gasteiger partial charge in [0.1, 0.15) is 0 Å². The number of carbonyl (C=O) groups is 4. The number of nitrogens with zero attached hydrogens (tertiary/aromatic N) is 2. The van der Waals surface area contributed by atoms with Crippen LogP contribution in [0, 0.1) is 0 Å². The van der Waals surface area contributed by atoms with Gasteiger partial charge in [-0.15, -0.1) is 5.06 Å². The molecular formula is C22H26N4O5. The van der Waals surface area contributed by atoms with Gasteiger partial charge in [0.25, 0.3) is 17.7 Å². The van der Waals surface area contributed by atoms with Crippen LogP contribution < -0.4 is 10.6 Å². The van der Waals surface area contributed by atoms with Crippen molar-refractivity contribution in [2.45, 2.75) is 26.7 Å². The van der Waals surface area contributed by atoms with Gasteiger partial charge in [0, 0.05) is 37.2 Å². The summed E-state index contributed by atoms with van der Waals surface area (Å²) in [5.74, 6) is -1.39. The molecule has 1 aliphatic rings. The number of rotatable bonds is 8. The van der Waals surface area contributed by atoms with Crippen molar-refractivity contribution < 1.29 is 24.0 Å². The molecule has 1 fully saturated rings. The topological polar surface area (TPSA) is 108 Å². The van der Waals surface area contributed by atoms with Gasteiger partial charge in [0.05, 0.1) is 0 Å². The van der Waals surface area contributed by atoms with E-state index in [0.29, 0.717) is 22.9 Å². The molecule has 0 bridgehead atoms. The summed E-state index contributed by atoms with van der Waals surface area (Å²) >= 11 is 0. The highest BCUT2D eigenvalue weighted by molar-refractivity contribution is 6.09. The molecule has 0 spiro atoms. The molecule has 9 heteroatoms. The molecule has 3 rings (SSSR count). The number of benzene rings is 2. The van der Waals surface area contributed by atoms with E-state index in [9.17, 15) is 19.2 Å². The Morgan fingerprint density at radius 2 is 1.74 bits per heavy atom. The number of likely N-dealkylation sites (N-methyl/N-ethyl adjacent to an activating group) is 1. The Bertz CT molecular complexity index is 987. The normalized spacial score (nSPS) is 13.7. The minimum absolute atomic E-state index is 0.0138. The lowest BCUT2D eigenvalue weighted by atomic mass is 10.0. The largest absolute Gasteiger partial charge is 0.436 e. The van der Waals surface area contributed by atoms with E-state index in [1.54, 1.807) is 12.1 Å². The number of anilines is 1. The molecule has 0 atom stereocenters. The van der Waals surface area contributed by atoms with Gasteiger partial charge in [-0.2, -0.15) is 0 Å². The number of imide groups is 1. The third-order valence-electron chi connectivity index (χ3n) is 5.14. The predicted octanol–water partition coefficient (Wildman–Crippen LogP) is 2.52. The summed E-state index contributed by atoms with van der Waals surface area (Å²) in [5.41, 5.74) is 0.720. The van der Waals surface area contributed by atoms with Gasteiger partial charge in [-0.25, -0.2) is 4.79 Å². The molecule has 164 valence electrons. The zero-order valence-corrected chi connectivity index (χ0v) is 17.6. The van der Waals surface area contributed by atoms with Gasteiger partial charge in [0.15, 0.2) is 0 Å². The number of hydrogen-bond acceptors (Lipinski definition) is 6.